The van der Waals surface area contributed by atoms with Gasteiger partial charge in [0.2, 0.25) is 0 Å². The van der Waals surface area contributed by atoms with Crippen LogP contribution in [0.1, 0.15) is 85.5 Å². The minimum Gasteiger partial charge on any atom is -0.0876 e. The molecule has 0 heterocycles. The van der Waals surface area contributed by atoms with Gasteiger partial charge >= 0.3 is 0 Å². The summed E-state index contributed by atoms with van der Waals surface area (Å²) in [6.45, 7) is 0. The van der Waals surface area contributed by atoms with E-state index >= 15 is 0 Å². The number of benzene rings is 2. The van der Waals surface area contributed by atoms with Crippen LogP contribution in [0.3, 0.4) is 0 Å². The van der Waals surface area contributed by atoms with E-state index in [2.05, 4.69) is 85.0 Å². The molecule has 2 aliphatic rings. The SMILES string of the molecule is C(=CC1C=Cc2ccccc21)CCCCCCCCC1C=Cc2ccccc21. The highest BCUT2D eigenvalue weighted by Gasteiger charge is 2.15. The van der Waals surface area contributed by atoms with E-state index in [0.29, 0.717) is 11.8 Å². The molecule has 0 amide bonds. The number of hydrogen-bond donors (Lipinski definition) is 0. The number of unbranched alkanes of at least 4 members (excludes halogenated alkanes) is 6. The van der Waals surface area contributed by atoms with E-state index in [9.17, 15) is 0 Å². The highest BCUT2D eigenvalue weighted by molar-refractivity contribution is 5.63. The topological polar surface area (TPSA) is 0 Å². The normalized spacial score (nSPS) is 19.4. The van der Waals surface area contributed by atoms with Crippen molar-refractivity contribution in [2.75, 3.05) is 0 Å². The van der Waals surface area contributed by atoms with Crippen molar-refractivity contribution in [1.82, 2.24) is 0 Å². The monoisotopic (exact) mass is 368 g/mol. The Kier molecular flexibility index (Phi) is 6.60. The van der Waals surface area contributed by atoms with Crippen molar-refractivity contribution in [3.05, 3.63) is 95.1 Å². The summed E-state index contributed by atoms with van der Waals surface area (Å²) in [4.78, 5) is 0. The summed E-state index contributed by atoms with van der Waals surface area (Å²) in [5.74, 6) is 1.15. The van der Waals surface area contributed by atoms with E-state index in [1.165, 1.54) is 73.6 Å². The molecule has 4 rings (SSSR count). The smallest absolute Gasteiger partial charge is 0.0207 e. The number of rotatable bonds is 10. The van der Waals surface area contributed by atoms with Gasteiger partial charge in [0.1, 0.15) is 0 Å². The summed E-state index contributed by atoms with van der Waals surface area (Å²) < 4.78 is 0. The third-order valence-corrected chi connectivity index (χ3v) is 6.22. The van der Waals surface area contributed by atoms with Crippen molar-refractivity contribution in [3.8, 4) is 0 Å². The second kappa shape index (κ2) is 9.73. The van der Waals surface area contributed by atoms with Gasteiger partial charge in [-0.05, 0) is 41.5 Å². The molecule has 2 atom stereocenters. The summed E-state index contributed by atoms with van der Waals surface area (Å²) >= 11 is 0. The van der Waals surface area contributed by atoms with Crippen LogP contribution in [0.5, 0.6) is 0 Å². The van der Waals surface area contributed by atoms with Gasteiger partial charge in [-0.1, -0.05) is 117 Å². The summed E-state index contributed by atoms with van der Waals surface area (Å²) in [6.07, 6.45) is 24.8. The molecule has 0 radical (unpaired) electrons. The average molecular weight is 369 g/mol. The highest BCUT2D eigenvalue weighted by atomic mass is 14.2. The molecule has 0 heteroatoms. The Morgan fingerprint density at radius 1 is 0.643 bits per heavy atom. The lowest BCUT2D eigenvalue weighted by Gasteiger charge is -2.10. The minimum atomic E-state index is 0.492. The molecule has 0 N–H and O–H groups in total. The first-order valence-corrected chi connectivity index (χ1v) is 11.1. The molecular weight excluding hydrogens is 336 g/mol. The summed E-state index contributed by atoms with van der Waals surface area (Å²) in [7, 11) is 0. The number of hydrogen-bond acceptors (Lipinski definition) is 0. The molecule has 0 saturated heterocycles. The Labute approximate surface area is 170 Å². The fourth-order valence-corrected chi connectivity index (χ4v) is 4.60. The Balaban J connectivity index is 1.04. The maximum Gasteiger partial charge on any atom is 0.0207 e. The van der Waals surface area contributed by atoms with Gasteiger partial charge in [0.25, 0.3) is 0 Å². The van der Waals surface area contributed by atoms with Gasteiger partial charge in [0.05, 0.1) is 0 Å². The van der Waals surface area contributed by atoms with Gasteiger partial charge in [0, 0.05) is 11.8 Å². The molecule has 2 aromatic carbocycles. The fraction of sp³-hybridized carbons (Fsp3) is 0.357. The summed E-state index contributed by atoms with van der Waals surface area (Å²) in [6, 6.07) is 17.6. The van der Waals surface area contributed by atoms with Gasteiger partial charge < -0.3 is 0 Å². The molecule has 28 heavy (non-hydrogen) atoms. The first kappa shape index (κ1) is 19.0. The molecule has 2 aliphatic carbocycles. The van der Waals surface area contributed by atoms with Crippen molar-refractivity contribution in [3.63, 3.8) is 0 Å². The largest absolute Gasteiger partial charge is 0.0876 e. The molecular formula is C28H32. The third-order valence-electron chi connectivity index (χ3n) is 6.22. The standard InChI is InChI=1S/C28H32/c1(3-5-7-13-23-19-21-25-15-9-11-17-27(23)25)2-4-6-8-14-24-20-22-26-16-10-12-18-28(24)26/h7,9-13,15-24H,1-6,8,14H2. The Morgan fingerprint density at radius 2 is 1.29 bits per heavy atom. The predicted octanol–water partition coefficient (Wildman–Crippen LogP) is 8.28. The number of fused-ring (bicyclic) bond motifs is 2. The second-order valence-corrected chi connectivity index (χ2v) is 8.24. The lowest BCUT2D eigenvalue weighted by Crippen LogP contribution is -1.93. The van der Waals surface area contributed by atoms with Crippen LogP contribution in [0.15, 0.2) is 72.8 Å². The van der Waals surface area contributed by atoms with Crippen LogP contribution in [0, 0.1) is 0 Å². The zero-order valence-electron chi connectivity index (χ0n) is 16.9. The maximum absolute atomic E-state index is 2.40. The van der Waals surface area contributed by atoms with Gasteiger partial charge in [-0.3, -0.25) is 0 Å². The quantitative estimate of drug-likeness (QED) is 0.292. The Hall–Kier alpha value is -2.34. The first-order chi connectivity index (χ1) is 13.9. The molecule has 2 aromatic rings. The predicted molar refractivity (Wildman–Crippen MR) is 123 cm³/mol. The summed E-state index contributed by atoms with van der Waals surface area (Å²) in [5.41, 5.74) is 5.80. The van der Waals surface area contributed by atoms with Crippen molar-refractivity contribution in [2.45, 2.75) is 63.2 Å². The van der Waals surface area contributed by atoms with Crippen molar-refractivity contribution in [1.29, 1.82) is 0 Å². The zero-order valence-corrected chi connectivity index (χ0v) is 16.9. The highest BCUT2D eigenvalue weighted by Crippen LogP contribution is 2.33. The second-order valence-electron chi connectivity index (χ2n) is 8.24. The molecule has 0 saturated carbocycles. The molecule has 144 valence electrons. The van der Waals surface area contributed by atoms with E-state index in [-0.39, 0.29) is 0 Å². The van der Waals surface area contributed by atoms with Crippen molar-refractivity contribution < 1.29 is 0 Å². The van der Waals surface area contributed by atoms with Crippen LogP contribution in [0.2, 0.25) is 0 Å². The zero-order chi connectivity index (χ0) is 19.0. The Morgan fingerprint density at radius 3 is 2.14 bits per heavy atom. The van der Waals surface area contributed by atoms with Gasteiger partial charge in [-0.15, -0.1) is 0 Å². The van der Waals surface area contributed by atoms with E-state index < -0.39 is 0 Å². The minimum absolute atomic E-state index is 0.492. The number of allylic oxidation sites excluding steroid dienone is 4. The van der Waals surface area contributed by atoms with Crippen molar-refractivity contribution in [2.24, 2.45) is 0 Å². The van der Waals surface area contributed by atoms with Gasteiger partial charge in [-0.25, -0.2) is 0 Å². The van der Waals surface area contributed by atoms with Crippen LogP contribution in [-0.4, -0.2) is 0 Å². The van der Waals surface area contributed by atoms with E-state index in [1.807, 2.05) is 0 Å². The average Bonchev–Trinajstić information content (AvgIpc) is 3.34. The first-order valence-electron chi connectivity index (χ1n) is 11.1. The van der Waals surface area contributed by atoms with Gasteiger partial charge in [0.15, 0.2) is 0 Å². The molecule has 0 aliphatic heterocycles. The lowest BCUT2D eigenvalue weighted by atomic mass is 9.94. The van der Waals surface area contributed by atoms with Crippen LogP contribution in [0.25, 0.3) is 12.2 Å². The fourth-order valence-electron chi connectivity index (χ4n) is 4.60. The molecule has 0 fully saturated rings. The summed E-state index contributed by atoms with van der Waals surface area (Å²) in [5, 5.41) is 0. The van der Waals surface area contributed by atoms with E-state index in [1.54, 1.807) is 0 Å². The molecule has 0 nitrogen and oxygen atoms in total. The molecule has 2 unspecified atom stereocenters. The van der Waals surface area contributed by atoms with Gasteiger partial charge in [-0.2, -0.15) is 0 Å². The lowest BCUT2D eigenvalue weighted by molar-refractivity contribution is 0.568. The van der Waals surface area contributed by atoms with E-state index in [0.717, 1.165) is 0 Å². The molecule has 0 spiro atoms. The van der Waals surface area contributed by atoms with Crippen LogP contribution in [0.4, 0.5) is 0 Å². The molecule has 0 bridgehead atoms. The third kappa shape index (κ3) is 4.73. The van der Waals surface area contributed by atoms with Crippen LogP contribution in [-0.2, 0) is 0 Å². The van der Waals surface area contributed by atoms with Crippen LogP contribution < -0.4 is 0 Å². The van der Waals surface area contributed by atoms with Crippen molar-refractivity contribution >= 4 is 12.2 Å². The Bertz CT molecular complexity index is 852. The van der Waals surface area contributed by atoms with E-state index in [4.69, 9.17) is 0 Å². The maximum atomic E-state index is 2.40. The molecule has 0 aromatic heterocycles. The van der Waals surface area contributed by atoms with Crippen LogP contribution >= 0.6 is 0 Å².